The minimum Gasteiger partial charge on any atom is -0.293 e. The Labute approximate surface area is 134 Å². The Morgan fingerprint density at radius 2 is 1.90 bits per heavy atom. The van der Waals surface area contributed by atoms with E-state index < -0.39 is 0 Å². The Balaban J connectivity index is 2.07. The van der Waals surface area contributed by atoms with E-state index in [0.717, 1.165) is 12.1 Å². The molecule has 0 spiro atoms. The lowest BCUT2D eigenvalue weighted by molar-refractivity contribution is 0.0929. The van der Waals surface area contributed by atoms with Gasteiger partial charge in [0.15, 0.2) is 5.78 Å². The third-order valence-corrected chi connectivity index (χ3v) is 3.76. The molecule has 1 heterocycles. The van der Waals surface area contributed by atoms with E-state index in [4.69, 9.17) is 23.2 Å². The molecule has 2 aromatic rings. The van der Waals surface area contributed by atoms with Crippen molar-refractivity contribution in [1.82, 2.24) is 9.88 Å². The van der Waals surface area contributed by atoms with Crippen LogP contribution < -0.4 is 0 Å². The number of hydrogen-bond donors (Lipinski definition) is 0. The molecular weight excluding hydrogens is 307 g/mol. The first kappa shape index (κ1) is 16.0. The van der Waals surface area contributed by atoms with Crippen molar-refractivity contribution in [3.05, 3.63) is 63.9 Å². The summed E-state index contributed by atoms with van der Waals surface area (Å²) in [4.78, 5) is 18.4. The van der Waals surface area contributed by atoms with Crippen LogP contribution in [0.4, 0.5) is 0 Å². The molecular formula is C16H16Cl2N2O. The molecule has 0 N–H and O–H groups in total. The predicted molar refractivity (Wildman–Crippen MR) is 86.0 cm³/mol. The molecule has 21 heavy (non-hydrogen) atoms. The zero-order valence-electron chi connectivity index (χ0n) is 11.7. The van der Waals surface area contributed by atoms with Crippen LogP contribution >= 0.6 is 23.2 Å². The summed E-state index contributed by atoms with van der Waals surface area (Å²) < 4.78 is 0. The molecule has 0 amide bonds. The number of benzene rings is 1. The van der Waals surface area contributed by atoms with Crippen molar-refractivity contribution in [2.24, 2.45) is 0 Å². The summed E-state index contributed by atoms with van der Waals surface area (Å²) in [6, 6.07) is 8.83. The molecule has 5 heteroatoms. The number of nitrogens with zero attached hydrogens (tertiary/aromatic N) is 2. The number of Topliss-reactive ketones (excluding diaryl/α,β-unsaturated/α-hetero) is 1. The minimum absolute atomic E-state index is 0.0293. The highest BCUT2D eigenvalue weighted by Crippen LogP contribution is 2.21. The van der Waals surface area contributed by atoms with E-state index in [1.54, 1.807) is 30.6 Å². The molecule has 0 saturated carbocycles. The third-order valence-electron chi connectivity index (χ3n) is 3.20. The number of carbonyl (C=O) groups is 1. The van der Waals surface area contributed by atoms with Crippen LogP contribution in [-0.2, 0) is 6.54 Å². The van der Waals surface area contributed by atoms with Gasteiger partial charge in [0, 0.05) is 29.5 Å². The maximum atomic E-state index is 12.4. The van der Waals surface area contributed by atoms with E-state index in [2.05, 4.69) is 9.88 Å². The van der Waals surface area contributed by atoms with Gasteiger partial charge in [0.2, 0.25) is 0 Å². The van der Waals surface area contributed by atoms with Gasteiger partial charge in [-0.1, -0.05) is 30.1 Å². The van der Waals surface area contributed by atoms with Gasteiger partial charge in [0.1, 0.15) is 0 Å². The fraction of sp³-hybridized carbons (Fsp3) is 0.250. The molecule has 0 aliphatic carbocycles. The number of likely N-dealkylation sites (N-methyl/N-ethyl adjacent to an activating group) is 1. The molecule has 0 bridgehead atoms. The van der Waals surface area contributed by atoms with Gasteiger partial charge in [-0.2, -0.15) is 0 Å². The number of carbonyl (C=O) groups excluding carboxylic acids is 1. The molecule has 1 aromatic carbocycles. The largest absolute Gasteiger partial charge is 0.293 e. The zero-order valence-corrected chi connectivity index (χ0v) is 13.2. The van der Waals surface area contributed by atoms with Crippen molar-refractivity contribution in [1.29, 1.82) is 0 Å². The predicted octanol–water partition coefficient (Wildman–Crippen LogP) is 4.09. The van der Waals surface area contributed by atoms with Crippen molar-refractivity contribution in [2.75, 3.05) is 13.1 Å². The second-order valence-corrected chi connectivity index (χ2v) is 5.55. The van der Waals surface area contributed by atoms with Gasteiger partial charge in [0.05, 0.1) is 11.6 Å². The van der Waals surface area contributed by atoms with Crippen LogP contribution in [0.3, 0.4) is 0 Å². The lowest BCUT2D eigenvalue weighted by atomic mass is 10.1. The normalized spacial score (nSPS) is 10.9. The Morgan fingerprint density at radius 3 is 2.57 bits per heavy atom. The lowest BCUT2D eigenvalue weighted by Crippen LogP contribution is -2.29. The number of hydrogen-bond acceptors (Lipinski definition) is 3. The van der Waals surface area contributed by atoms with Crippen LogP contribution in [0, 0.1) is 0 Å². The molecule has 110 valence electrons. The molecule has 0 atom stereocenters. The molecule has 3 nitrogen and oxygen atoms in total. The number of rotatable bonds is 6. The number of ketones is 1. The number of aromatic nitrogens is 1. The van der Waals surface area contributed by atoms with Crippen molar-refractivity contribution in [3.63, 3.8) is 0 Å². The van der Waals surface area contributed by atoms with Gasteiger partial charge in [-0.25, -0.2) is 0 Å². The van der Waals surface area contributed by atoms with Crippen LogP contribution in [0.1, 0.15) is 22.8 Å². The first-order valence-electron chi connectivity index (χ1n) is 6.69. The summed E-state index contributed by atoms with van der Waals surface area (Å²) in [5, 5.41) is 0.948. The average molecular weight is 323 g/mol. The van der Waals surface area contributed by atoms with Crippen molar-refractivity contribution in [2.45, 2.75) is 13.5 Å². The Kier molecular flexibility index (Phi) is 5.74. The summed E-state index contributed by atoms with van der Waals surface area (Å²) in [6.45, 7) is 3.79. The number of pyridine rings is 1. The molecule has 0 aliphatic rings. The second-order valence-electron chi connectivity index (χ2n) is 4.71. The van der Waals surface area contributed by atoms with E-state index in [-0.39, 0.29) is 5.78 Å². The molecule has 0 unspecified atom stereocenters. The highest BCUT2D eigenvalue weighted by Gasteiger charge is 2.15. The van der Waals surface area contributed by atoms with Gasteiger partial charge >= 0.3 is 0 Å². The summed E-state index contributed by atoms with van der Waals surface area (Å²) in [5.74, 6) is -0.0293. The summed E-state index contributed by atoms with van der Waals surface area (Å²) >= 11 is 12.0. The molecule has 0 fully saturated rings. The third kappa shape index (κ3) is 4.53. The van der Waals surface area contributed by atoms with E-state index >= 15 is 0 Å². The smallest absolute Gasteiger partial charge is 0.178 e. The van der Waals surface area contributed by atoms with Crippen molar-refractivity contribution < 1.29 is 4.79 Å². The van der Waals surface area contributed by atoms with E-state index in [9.17, 15) is 4.79 Å². The van der Waals surface area contributed by atoms with Crippen molar-refractivity contribution in [3.8, 4) is 0 Å². The minimum atomic E-state index is -0.0293. The van der Waals surface area contributed by atoms with Gasteiger partial charge in [-0.3, -0.25) is 14.7 Å². The monoisotopic (exact) mass is 322 g/mol. The second kappa shape index (κ2) is 7.55. The van der Waals surface area contributed by atoms with Gasteiger partial charge in [0.25, 0.3) is 0 Å². The van der Waals surface area contributed by atoms with Gasteiger partial charge in [-0.15, -0.1) is 0 Å². The summed E-state index contributed by atoms with van der Waals surface area (Å²) in [5.41, 5.74) is 1.59. The van der Waals surface area contributed by atoms with Crippen LogP contribution in [0.25, 0.3) is 0 Å². The van der Waals surface area contributed by atoms with Crippen LogP contribution in [0.5, 0.6) is 0 Å². The quantitative estimate of drug-likeness (QED) is 0.751. The SMILES string of the molecule is CCN(CC(=O)c1cc(Cl)ccc1Cl)Cc1ccncc1. The fourth-order valence-corrected chi connectivity index (χ4v) is 2.42. The molecule has 0 aliphatic heterocycles. The first-order chi connectivity index (χ1) is 10.1. The Morgan fingerprint density at radius 1 is 1.19 bits per heavy atom. The van der Waals surface area contributed by atoms with Crippen LogP contribution in [-0.4, -0.2) is 28.8 Å². The fourth-order valence-electron chi connectivity index (χ4n) is 2.03. The van der Waals surface area contributed by atoms with Crippen LogP contribution in [0.15, 0.2) is 42.7 Å². The topological polar surface area (TPSA) is 33.2 Å². The van der Waals surface area contributed by atoms with E-state index in [1.807, 2.05) is 19.1 Å². The van der Waals surface area contributed by atoms with E-state index in [0.29, 0.717) is 28.7 Å². The van der Waals surface area contributed by atoms with Gasteiger partial charge in [-0.05, 0) is 42.4 Å². The standard InChI is InChI=1S/C16H16Cl2N2O/c1-2-20(10-12-5-7-19-8-6-12)11-16(21)14-9-13(17)3-4-15(14)18/h3-9H,2,10-11H2,1H3. The highest BCUT2D eigenvalue weighted by molar-refractivity contribution is 6.36. The molecule has 0 saturated heterocycles. The molecule has 2 rings (SSSR count). The molecule has 0 radical (unpaired) electrons. The zero-order chi connectivity index (χ0) is 15.2. The average Bonchev–Trinajstić information content (AvgIpc) is 2.50. The lowest BCUT2D eigenvalue weighted by Gasteiger charge is -2.19. The van der Waals surface area contributed by atoms with E-state index in [1.165, 1.54) is 0 Å². The van der Waals surface area contributed by atoms with Crippen LogP contribution in [0.2, 0.25) is 10.0 Å². The summed E-state index contributed by atoms with van der Waals surface area (Å²) in [6.07, 6.45) is 3.50. The maximum absolute atomic E-state index is 12.4. The van der Waals surface area contributed by atoms with Crippen molar-refractivity contribution >= 4 is 29.0 Å². The highest BCUT2D eigenvalue weighted by atomic mass is 35.5. The first-order valence-corrected chi connectivity index (χ1v) is 7.45. The Hall–Kier alpha value is -1.42. The maximum Gasteiger partial charge on any atom is 0.178 e. The van der Waals surface area contributed by atoms with Gasteiger partial charge < -0.3 is 0 Å². The molecule has 1 aromatic heterocycles. The summed E-state index contributed by atoms with van der Waals surface area (Å²) in [7, 11) is 0. The number of halogens is 2. The Bertz CT molecular complexity index is 617.